The van der Waals surface area contributed by atoms with E-state index in [0.717, 1.165) is 0 Å². The van der Waals surface area contributed by atoms with Crippen LogP contribution in [-0.2, 0) is 4.74 Å². The molecule has 0 fully saturated rings. The van der Waals surface area contributed by atoms with Gasteiger partial charge in [-0.3, -0.25) is 4.74 Å². The molecule has 0 spiro atoms. The van der Waals surface area contributed by atoms with E-state index < -0.39 is 18.3 Å². The van der Waals surface area contributed by atoms with Gasteiger partial charge in [0, 0.05) is 0 Å². The van der Waals surface area contributed by atoms with Crippen molar-refractivity contribution >= 4 is 11.6 Å². The summed E-state index contributed by atoms with van der Waals surface area (Å²) in [7, 11) is 0. The molecule has 0 amide bonds. The van der Waals surface area contributed by atoms with Crippen molar-refractivity contribution in [2.75, 3.05) is 0 Å². The van der Waals surface area contributed by atoms with Crippen molar-refractivity contribution in [3.63, 3.8) is 0 Å². The summed E-state index contributed by atoms with van der Waals surface area (Å²) >= 11 is 4.00. The summed E-state index contributed by atoms with van der Waals surface area (Å²) in [5, 5.41) is 7.63. The number of halogens is 5. The summed E-state index contributed by atoms with van der Waals surface area (Å²) in [6.07, 6.45) is -6.25. The lowest BCUT2D eigenvalue weighted by Crippen LogP contribution is -2.27. The monoisotopic (exact) mass is 182 g/mol. The highest BCUT2D eigenvalue weighted by Crippen LogP contribution is 2.23. The zero-order valence-corrected chi connectivity index (χ0v) is 5.16. The number of ether oxygens (including phenoxy) is 1. The third-order valence-corrected chi connectivity index (χ3v) is 0.552. The van der Waals surface area contributed by atoms with E-state index in [0.29, 0.717) is 0 Å². The van der Waals surface area contributed by atoms with Crippen LogP contribution in [0.1, 0.15) is 0 Å². The van der Waals surface area contributed by atoms with Crippen LogP contribution in [0.25, 0.3) is 0 Å². The Hall–Kier alpha value is -0.0700. The van der Waals surface area contributed by atoms with Crippen LogP contribution in [-0.4, -0.2) is 23.4 Å². The third-order valence-electron chi connectivity index (χ3n) is 0.462. The lowest BCUT2D eigenvalue weighted by Gasteiger charge is -2.12. The molecule has 2 atom stereocenters. The molecule has 1 N–H and O–H groups in total. The summed E-state index contributed by atoms with van der Waals surface area (Å²) in [6, 6.07) is 0. The lowest BCUT2D eigenvalue weighted by molar-refractivity contribution is -0.274. The maximum Gasteiger partial charge on any atom is 0.443 e. The van der Waals surface area contributed by atoms with E-state index in [1.165, 1.54) is 0 Å². The second-order valence-electron chi connectivity index (χ2n) is 1.29. The van der Waals surface area contributed by atoms with Gasteiger partial charge in [0.05, 0.1) is 0 Å². The van der Waals surface area contributed by atoms with Gasteiger partial charge in [0.2, 0.25) is 0 Å². The van der Waals surface area contributed by atoms with Crippen LogP contribution in [0, 0.1) is 0 Å². The first-order valence-corrected chi connectivity index (χ1v) is 2.41. The van der Waals surface area contributed by atoms with E-state index in [1.807, 2.05) is 0 Å². The van der Waals surface area contributed by atoms with Gasteiger partial charge in [0.15, 0.2) is 0 Å². The van der Waals surface area contributed by atoms with Gasteiger partial charge in [0.1, 0.15) is 0 Å². The Morgan fingerprint density at radius 2 is 1.80 bits per heavy atom. The molecule has 0 aromatic heterocycles. The molecule has 0 heterocycles. The minimum absolute atomic E-state index is 2.84. The van der Waals surface area contributed by atoms with Crippen molar-refractivity contribution in [3.8, 4) is 0 Å². The standard InChI is InChI=1S/C3H3ClF4O2/c4-3(7,8)10-2(6)1(5)9/h1-2,9H. The average Bonchev–Trinajstić information content (AvgIpc) is 1.60. The van der Waals surface area contributed by atoms with Crippen LogP contribution in [0.3, 0.4) is 0 Å². The van der Waals surface area contributed by atoms with Gasteiger partial charge >= 0.3 is 5.57 Å². The smallest absolute Gasteiger partial charge is 0.360 e. The molecule has 0 rings (SSSR count). The highest BCUT2D eigenvalue weighted by molar-refractivity contribution is 6.20. The largest absolute Gasteiger partial charge is 0.443 e. The molecule has 0 saturated heterocycles. The van der Waals surface area contributed by atoms with Gasteiger partial charge in [-0.2, -0.15) is 8.78 Å². The van der Waals surface area contributed by atoms with Crippen LogP contribution < -0.4 is 0 Å². The fourth-order valence-electron chi connectivity index (χ4n) is 0.184. The zero-order chi connectivity index (χ0) is 8.36. The van der Waals surface area contributed by atoms with Crippen molar-refractivity contribution in [1.82, 2.24) is 0 Å². The summed E-state index contributed by atoms with van der Waals surface area (Å²) in [4.78, 5) is 0. The quantitative estimate of drug-likeness (QED) is 0.528. The van der Waals surface area contributed by atoms with E-state index in [4.69, 9.17) is 5.11 Å². The second-order valence-corrected chi connectivity index (χ2v) is 1.73. The van der Waals surface area contributed by atoms with Crippen molar-refractivity contribution in [2.45, 2.75) is 18.3 Å². The minimum Gasteiger partial charge on any atom is -0.360 e. The maximum atomic E-state index is 11.6. The summed E-state index contributed by atoms with van der Waals surface area (Å²) < 4.78 is 48.5. The Morgan fingerprint density at radius 1 is 1.40 bits per heavy atom. The van der Waals surface area contributed by atoms with Gasteiger partial charge in [-0.1, -0.05) is 0 Å². The van der Waals surface area contributed by atoms with E-state index in [9.17, 15) is 17.6 Å². The predicted molar refractivity (Wildman–Crippen MR) is 23.9 cm³/mol. The molecule has 0 aromatic carbocycles. The van der Waals surface area contributed by atoms with E-state index >= 15 is 0 Å². The molecule has 2 unspecified atom stereocenters. The van der Waals surface area contributed by atoms with E-state index in [-0.39, 0.29) is 0 Å². The molecule has 0 aliphatic carbocycles. The molecular weight excluding hydrogens is 179 g/mol. The first-order chi connectivity index (χ1) is 4.33. The minimum atomic E-state index is -4.30. The van der Waals surface area contributed by atoms with Crippen LogP contribution >= 0.6 is 11.6 Å². The fraction of sp³-hybridized carbons (Fsp3) is 1.00. The van der Waals surface area contributed by atoms with Crippen LogP contribution in [0.4, 0.5) is 17.6 Å². The molecule has 0 aliphatic rings. The number of alkyl halides is 5. The number of rotatable bonds is 3. The van der Waals surface area contributed by atoms with Gasteiger partial charge < -0.3 is 5.11 Å². The van der Waals surface area contributed by atoms with Gasteiger partial charge in [-0.15, -0.1) is 0 Å². The van der Waals surface area contributed by atoms with Gasteiger partial charge in [-0.25, -0.2) is 8.78 Å². The molecule has 0 bridgehead atoms. The molecule has 2 nitrogen and oxygen atoms in total. The van der Waals surface area contributed by atoms with Crippen molar-refractivity contribution in [1.29, 1.82) is 0 Å². The Balaban J connectivity index is 3.68. The Morgan fingerprint density at radius 3 is 1.90 bits per heavy atom. The molecule has 10 heavy (non-hydrogen) atoms. The van der Waals surface area contributed by atoms with Crippen LogP contribution in [0.15, 0.2) is 0 Å². The first-order valence-electron chi connectivity index (χ1n) is 2.03. The predicted octanol–water partition coefficient (Wildman–Crippen LogP) is 1.38. The summed E-state index contributed by atoms with van der Waals surface area (Å²) in [5.41, 5.74) is -4.30. The Kier molecular flexibility index (Phi) is 3.34. The third kappa shape index (κ3) is 4.78. The van der Waals surface area contributed by atoms with Crippen molar-refractivity contribution < 1.29 is 27.4 Å². The molecule has 7 heteroatoms. The number of aliphatic hydroxyl groups excluding tert-OH is 1. The first kappa shape index (κ1) is 9.93. The Bertz CT molecular complexity index is 103. The molecule has 62 valence electrons. The number of hydrogen-bond donors (Lipinski definition) is 1. The number of aliphatic hydroxyl groups is 1. The summed E-state index contributed by atoms with van der Waals surface area (Å²) in [6.45, 7) is 0. The lowest BCUT2D eigenvalue weighted by atomic mass is 10.7. The molecular formula is C3H3ClF4O2. The topological polar surface area (TPSA) is 29.5 Å². The fourth-order valence-corrected chi connectivity index (χ4v) is 0.269. The van der Waals surface area contributed by atoms with Gasteiger partial charge in [-0.05, 0) is 11.6 Å². The van der Waals surface area contributed by atoms with Crippen molar-refractivity contribution in [3.05, 3.63) is 0 Å². The highest BCUT2D eigenvalue weighted by atomic mass is 35.5. The molecule has 0 aliphatic heterocycles. The molecule has 0 saturated carbocycles. The van der Waals surface area contributed by atoms with Gasteiger partial charge in [0.25, 0.3) is 12.7 Å². The normalized spacial score (nSPS) is 18.6. The van der Waals surface area contributed by atoms with Crippen LogP contribution in [0.2, 0.25) is 0 Å². The maximum absolute atomic E-state index is 11.6. The Labute approximate surface area is 58.3 Å². The van der Waals surface area contributed by atoms with E-state index in [1.54, 1.807) is 0 Å². The van der Waals surface area contributed by atoms with E-state index in [2.05, 4.69) is 16.3 Å². The second kappa shape index (κ2) is 3.36. The van der Waals surface area contributed by atoms with Crippen molar-refractivity contribution in [2.24, 2.45) is 0 Å². The highest BCUT2D eigenvalue weighted by Gasteiger charge is 2.34. The summed E-state index contributed by atoms with van der Waals surface area (Å²) in [5.74, 6) is 0. The SMILES string of the molecule is OC(F)C(F)OC(F)(F)Cl. The average molecular weight is 182 g/mol. The number of hydrogen-bond acceptors (Lipinski definition) is 2. The molecule has 0 radical (unpaired) electrons. The molecule has 0 aromatic rings. The van der Waals surface area contributed by atoms with Crippen LogP contribution in [0.5, 0.6) is 0 Å². The zero-order valence-electron chi connectivity index (χ0n) is 4.40.